The molecule has 0 radical (unpaired) electrons. The Hall–Kier alpha value is -2.86. The van der Waals surface area contributed by atoms with E-state index in [0.717, 1.165) is 0 Å². The van der Waals surface area contributed by atoms with Gasteiger partial charge in [0.15, 0.2) is 0 Å². The molecule has 5 nitrogen and oxygen atoms in total. The average Bonchev–Trinajstić information content (AvgIpc) is 2.65. The number of halogens is 2. The number of hydrogen-bond acceptors (Lipinski definition) is 5. The molecule has 0 aliphatic carbocycles. The predicted octanol–water partition coefficient (Wildman–Crippen LogP) is 3.88. The van der Waals surface area contributed by atoms with Crippen molar-refractivity contribution >= 4 is 28.7 Å². The normalized spacial score (nSPS) is 12.1. The number of phenols is 1. The van der Waals surface area contributed by atoms with E-state index in [9.17, 15) is 19.1 Å². The first-order valence-electron chi connectivity index (χ1n) is 8.38. The molecule has 27 heavy (non-hydrogen) atoms. The van der Waals surface area contributed by atoms with Crippen molar-refractivity contribution in [2.75, 3.05) is 10.6 Å². The molecule has 0 fully saturated rings. The van der Waals surface area contributed by atoms with E-state index in [1.807, 2.05) is 0 Å². The molecule has 1 atom stereocenters. The third kappa shape index (κ3) is 3.66. The van der Waals surface area contributed by atoms with Gasteiger partial charge in [-0.25, -0.2) is 4.39 Å². The van der Waals surface area contributed by atoms with Crippen LogP contribution in [0.1, 0.15) is 18.1 Å². The Labute approximate surface area is 160 Å². The molecule has 0 heterocycles. The second-order valence-corrected chi connectivity index (χ2v) is 6.85. The molecule has 1 unspecified atom stereocenters. The van der Waals surface area contributed by atoms with Gasteiger partial charge < -0.3 is 15.7 Å². The molecule has 0 saturated carbocycles. The first kappa shape index (κ1) is 18.9. The molecule has 140 valence electrons. The monoisotopic (exact) mass is 388 g/mol. The fourth-order valence-electron chi connectivity index (χ4n) is 2.85. The van der Waals surface area contributed by atoms with E-state index in [-0.39, 0.29) is 34.7 Å². The van der Waals surface area contributed by atoms with Crippen molar-refractivity contribution in [3.63, 3.8) is 0 Å². The molecule has 3 rings (SSSR count). The van der Waals surface area contributed by atoms with Gasteiger partial charge in [0.25, 0.3) is 10.9 Å². The zero-order valence-electron chi connectivity index (χ0n) is 14.8. The number of phenolic OH excluding ortho intramolecular Hbond substituents is 1. The van der Waals surface area contributed by atoms with Crippen molar-refractivity contribution in [2.24, 2.45) is 0 Å². The van der Waals surface area contributed by atoms with E-state index in [1.165, 1.54) is 12.1 Å². The number of nitrogens with one attached hydrogen (secondary N) is 2. The van der Waals surface area contributed by atoms with Gasteiger partial charge in [-0.3, -0.25) is 9.59 Å². The summed E-state index contributed by atoms with van der Waals surface area (Å²) in [7, 11) is 0. The van der Waals surface area contributed by atoms with E-state index in [1.54, 1.807) is 38.1 Å². The molecule has 7 heteroatoms. The highest BCUT2D eigenvalue weighted by Crippen LogP contribution is 2.35. The summed E-state index contributed by atoms with van der Waals surface area (Å²) in [6, 6.07) is 9.21. The lowest BCUT2D eigenvalue weighted by Gasteiger charge is -2.20. The van der Waals surface area contributed by atoms with Crippen LogP contribution < -0.4 is 21.5 Å². The van der Waals surface area contributed by atoms with Crippen LogP contribution in [0.5, 0.6) is 5.75 Å². The van der Waals surface area contributed by atoms with Crippen molar-refractivity contribution in [2.45, 2.75) is 26.3 Å². The zero-order chi connectivity index (χ0) is 19.7. The van der Waals surface area contributed by atoms with Gasteiger partial charge >= 0.3 is 0 Å². The summed E-state index contributed by atoms with van der Waals surface area (Å²) in [6.07, 6.45) is 0.343. The van der Waals surface area contributed by atoms with Gasteiger partial charge in [-0.2, -0.15) is 0 Å². The summed E-state index contributed by atoms with van der Waals surface area (Å²) in [6.45, 7) is 3.43. The fraction of sp³-hybridized carbons (Fsp3) is 0.200. The maximum atomic E-state index is 13.8. The quantitative estimate of drug-likeness (QED) is 0.441. The fourth-order valence-corrected chi connectivity index (χ4v) is 3.00. The van der Waals surface area contributed by atoms with Gasteiger partial charge in [0.2, 0.25) is 0 Å². The molecule has 3 aromatic rings. The molecule has 0 aromatic heterocycles. The summed E-state index contributed by atoms with van der Waals surface area (Å²) >= 11 is 5.95. The van der Waals surface area contributed by atoms with Gasteiger partial charge in [-0.15, -0.1) is 0 Å². The van der Waals surface area contributed by atoms with Gasteiger partial charge in [-0.05, 0) is 44.0 Å². The Morgan fingerprint density at radius 2 is 1.78 bits per heavy atom. The lowest BCUT2D eigenvalue weighted by atomic mass is 10.0. The van der Waals surface area contributed by atoms with Crippen LogP contribution in [0.15, 0.2) is 46.0 Å². The molecular formula is C20H18ClFN2O3. The number of hydrogen-bond donors (Lipinski definition) is 3. The lowest BCUT2D eigenvalue weighted by molar-refractivity contribution is 0.473. The Morgan fingerprint density at radius 3 is 2.48 bits per heavy atom. The van der Waals surface area contributed by atoms with Crippen LogP contribution in [-0.4, -0.2) is 11.1 Å². The van der Waals surface area contributed by atoms with Crippen molar-refractivity contribution in [3.8, 4) is 5.75 Å². The molecule has 3 aromatic carbocycles. The van der Waals surface area contributed by atoms with E-state index >= 15 is 0 Å². The summed E-state index contributed by atoms with van der Waals surface area (Å²) in [5, 5.41) is 16.3. The molecule has 0 aliphatic rings. The van der Waals surface area contributed by atoms with E-state index < -0.39 is 10.9 Å². The first-order valence-corrected chi connectivity index (χ1v) is 8.75. The van der Waals surface area contributed by atoms with Gasteiger partial charge in [0.1, 0.15) is 22.9 Å². The van der Waals surface area contributed by atoms with Crippen LogP contribution in [-0.2, 0) is 6.42 Å². The van der Waals surface area contributed by atoms with E-state index in [4.69, 9.17) is 11.6 Å². The minimum absolute atomic E-state index is 0.0670. The molecule has 0 spiro atoms. The topological polar surface area (TPSA) is 78.4 Å². The largest absolute Gasteiger partial charge is 0.505 e. The maximum absolute atomic E-state index is 13.8. The highest BCUT2D eigenvalue weighted by atomic mass is 35.5. The molecule has 0 aliphatic heterocycles. The Bertz CT molecular complexity index is 1070. The Balaban J connectivity index is 1.80. The Kier molecular flexibility index (Phi) is 5.19. The molecule has 0 amide bonds. The van der Waals surface area contributed by atoms with Crippen LogP contribution in [0.25, 0.3) is 0 Å². The number of aromatic hydroxyl groups is 1. The molecular weight excluding hydrogens is 371 g/mol. The standard InChI is InChI=1S/C20H18ClFN2O3/c1-10(9-12-5-3-4-6-14(12)22)23-16-17(20(27)19(16)26)24-15-8-7-13(21)11(2)18(15)25/h3-8,10,23-25H,9H2,1-2H3. The lowest BCUT2D eigenvalue weighted by Crippen LogP contribution is -2.39. The smallest absolute Gasteiger partial charge is 0.253 e. The van der Waals surface area contributed by atoms with Crippen molar-refractivity contribution in [1.29, 1.82) is 0 Å². The highest BCUT2D eigenvalue weighted by Gasteiger charge is 2.24. The van der Waals surface area contributed by atoms with E-state index in [2.05, 4.69) is 10.6 Å². The third-order valence-corrected chi connectivity index (χ3v) is 4.82. The van der Waals surface area contributed by atoms with Gasteiger partial charge in [0, 0.05) is 16.6 Å². The summed E-state index contributed by atoms with van der Waals surface area (Å²) < 4.78 is 13.8. The highest BCUT2D eigenvalue weighted by molar-refractivity contribution is 6.31. The van der Waals surface area contributed by atoms with Crippen LogP contribution >= 0.6 is 11.6 Å². The van der Waals surface area contributed by atoms with Crippen molar-refractivity contribution < 1.29 is 9.50 Å². The Morgan fingerprint density at radius 1 is 1.11 bits per heavy atom. The minimum Gasteiger partial charge on any atom is -0.505 e. The molecule has 3 N–H and O–H groups in total. The predicted molar refractivity (Wildman–Crippen MR) is 106 cm³/mol. The second kappa shape index (κ2) is 7.40. The first-order chi connectivity index (χ1) is 12.8. The van der Waals surface area contributed by atoms with Gasteiger partial charge in [0.05, 0.1) is 5.69 Å². The van der Waals surface area contributed by atoms with Crippen LogP contribution in [0.2, 0.25) is 5.02 Å². The number of benzene rings is 2. The van der Waals surface area contributed by atoms with Gasteiger partial charge in [-0.1, -0.05) is 29.8 Å². The van der Waals surface area contributed by atoms with E-state index in [0.29, 0.717) is 22.6 Å². The van der Waals surface area contributed by atoms with Crippen LogP contribution in [0.4, 0.5) is 21.5 Å². The number of anilines is 3. The average molecular weight is 389 g/mol. The summed E-state index contributed by atoms with van der Waals surface area (Å²) in [5.41, 5.74) is 0.104. The summed E-state index contributed by atoms with van der Waals surface area (Å²) in [5.74, 6) is -0.419. The minimum atomic E-state index is -0.678. The summed E-state index contributed by atoms with van der Waals surface area (Å²) in [4.78, 5) is 23.9. The van der Waals surface area contributed by atoms with Crippen molar-refractivity contribution in [1.82, 2.24) is 0 Å². The zero-order valence-corrected chi connectivity index (χ0v) is 15.5. The molecule has 0 bridgehead atoms. The SMILES string of the molecule is Cc1c(Cl)ccc(Nc2c(NC(C)Cc3ccccc3F)c(=O)c2=O)c1O. The third-order valence-electron chi connectivity index (χ3n) is 4.41. The second-order valence-electron chi connectivity index (χ2n) is 6.44. The van der Waals surface area contributed by atoms with Crippen LogP contribution in [0.3, 0.4) is 0 Å². The van der Waals surface area contributed by atoms with Crippen LogP contribution in [0, 0.1) is 12.7 Å². The van der Waals surface area contributed by atoms with Crippen molar-refractivity contribution in [3.05, 3.63) is 78.8 Å². The maximum Gasteiger partial charge on any atom is 0.253 e. The molecule has 0 saturated heterocycles. The number of rotatable bonds is 6.